The Morgan fingerprint density at radius 1 is 1.70 bits per heavy atom. The maximum atomic E-state index is 2.49. The predicted molar refractivity (Wildman–Crippen MR) is 46.4 cm³/mol. The molecule has 0 bridgehead atoms. The Morgan fingerprint density at radius 3 is 2.80 bits per heavy atom. The smallest absolute Gasteiger partial charge is 0.0263 e. The molecule has 56 valence electrons. The summed E-state index contributed by atoms with van der Waals surface area (Å²) < 4.78 is 2.49. The monoisotopic (exact) mass is 155 g/mol. The Morgan fingerprint density at radius 2 is 2.50 bits per heavy atom. The lowest BCUT2D eigenvalue weighted by atomic mass is 9.93. The minimum Gasteiger partial charge on any atom is -0.356 e. The molecule has 1 saturated carbocycles. The van der Waals surface area contributed by atoms with Gasteiger partial charge in [0.25, 0.3) is 0 Å². The lowest BCUT2D eigenvalue weighted by Crippen LogP contribution is -2.15. The maximum Gasteiger partial charge on any atom is 0.0263 e. The maximum absolute atomic E-state index is 2.49. The summed E-state index contributed by atoms with van der Waals surface area (Å²) in [5.74, 6) is 0. The molecule has 1 nitrogen and oxygen atoms in total. The van der Waals surface area contributed by atoms with Crippen LogP contribution in [0.25, 0.3) is 0 Å². The number of fused-ring (bicyclic) bond motifs is 1. The Hall–Kier alpha value is -0.0300. The zero-order valence-electron chi connectivity index (χ0n) is 6.59. The third-order valence-electron chi connectivity index (χ3n) is 2.34. The van der Waals surface area contributed by atoms with E-state index in [2.05, 4.69) is 24.7 Å². The van der Waals surface area contributed by atoms with Crippen LogP contribution in [-0.2, 0) is 0 Å². The SMILES string of the molecule is CC(C)N1C=C2CCC2P1. The zero-order valence-corrected chi connectivity index (χ0v) is 7.59. The van der Waals surface area contributed by atoms with E-state index in [0.29, 0.717) is 0 Å². The number of allylic oxidation sites excluding steroid dienone is 1. The molecule has 0 spiro atoms. The highest BCUT2D eigenvalue weighted by Crippen LogP contribution is 2.49. The summed E-state index contributed by atoms with van der Waals surface area (Å²) in [6.07, 6.45) is 5.21. The molecule has 0 aromatic carbocycles. The van der Waals surface area contributed by atoms with Crippen molar-refractivity contribution in [2.45, 2.75) is 38.4 Å². The third-order valence-corrected chi connectivity index (χ3v) is 4.25. The van der Waals surface area contributed by atoms with Gasteiger partial charge in [-0.25, -0.2) is 0 Å². The third kappa shape index (κ3) is 0.880. The van der Waals surface area contributed by atoms with Crippen molar-refractivity contribution in [2.24, 2.45) is 0 Å². The van der Waals surface area contributed by atoms with Gasteiger partial charge in [-0.05, 0) is 41.0 Å². The standard InChI is InChI=1S/C8H14NP/c1-6(2)9-5-7-3-4-8(7)10-9/h5-6,8,10H,3-4H2,1-2H3. The molecular weight excluding hydrogens is 141 g/mol. The van der Waals surface area contributed by atoms with Crippen LogP contribution in [0.5, 0.6) is 0 Å². The summed E-state index contributed by atoms with van der Waals surface area (Å²) in [5, 5.41) is 0. The molecule has 0 aromatic rings. The molecule has 0 aromatic heterocycles. The number of hydrogen-bond acceptors (Lipinski definition) is 1. The minimum atomic E-state index is 0.719. The first-order chi connectivity index (χ1) is 4.77. The van der Waals surface area contributed by atoms with Gasteiger partial charge in [0, 0.05) is 17.9 Å². The lowest BCUT2D eigenvalue weighted by Gasteiger charge is -2.25. The Bertz CT molecular complexity index is 174. The van der Waals surface area contributed by atoms with Crippen molar-refractivity contribution in [3.63, 3.8) is 0 Å². The molecule has 2 aliphatic rings. The fourth-order valence-corrected chi connectivity index (χ4v) is 3.01. The fourth-order valence-electron chi connectivity index (χ4n) is 1.45. The molecule has 0 radical (unpaired) electrons. The Balaban J connectivity index is 2.04. The molecule has 1 fully saturated rings. The van der Waals surface area contributed by atoms with E-state index in [9.17, 15) is 0 Å². The summed E-state index contributed by atoms with van der Waals surface area (Å²) in [7, 11) is 1.06. The van der Waals surface area contributed by atoms with Gasteiger partial charge < -0.3 is 4.67 Å². The second-order valence-electron chi connectivity index (χ2n) is 3.43. The highest BCUT2D eigenvalue weighted by Gasteiger charge is 2.32. The Kier molecular flexibility index (Phi) is 1.49. The molecule has 1 aliphatic carbocycles. The second-order valence-corrected chi connectivity index (χ2v) is 4.90. The van der Waals surface area contributed by atoms with E-state index >= 15 is 0 Å². The summed E-state index contributed by atoms with van der Waals surface area (Å²) in [5.41, 5.74) is 2.69. The van der Waals surface area contributed by atoms with Crippen molar-refractivity contribution in [1.82, 2.24) is 4.67 Å². The number of nitrogens with zero attached hydrogens (tertiary/aromatic N) is 1. The molecule has 2 atom stereocenters. The van der Waals surface area contributed by atoms with Crippen LogP contribution in [0.15, 0.2) is 11.8 Å². The van der Waals surface area contributed by atoms with Crippen LogP contribution in [-0.4, -0.2) is 16.4 Å². The van der Waals surface area contributed by atoms with Gasteiger partial charge in [-0.2, -0.15) is 0 Å². The van der Waals surface area contributed by atoms with Crippen molar-refractivity contribution >= 4 is 8.73 Å². The van der Waals surface area contributed by atoms with Crippen LogP contribution >= 0.6 is 8.73 Å². The molecular formula is C8H14NP. The highest BCUT2D eigenvalue weighted by molar-refractivity contribution is 7.37. The predicted octanol–water partition coefficient (Wildman–Crippen LogP) is 2.35. The van der Waals surface area contributed by atoms with Gasteiger partial charge in [0.2, 0.25) is 0 Å². The normalized spacial score (nSPS) is 32.5. The number of hydrogen-bond donors (Lipinski definition) is 0. The van der Waals surface area contributed by atoms with Gasteiger partial charge in [-0.15, -0.1) is 0 Å². The highest BCUT2D eigenvalue weighted by atomic mass is 31.1. The van der Waals surface area contributed by atoms with Gasteiger partial charge in [0.05, 0.1) is 0 Å². The molecule has 1 heterocycles. The van der Waals surface area contributed by atoms with E-state index in [1.807, 2.05) is 0 Å². The average molecular weight is 155 g/mol. The van der Waals surface area contributed by atoms with Crippen molar-refractivity contribution in [3.05, 3.63) is 11.8 Å². The van der Waals surface area contributed by atoms with Gasteiger partial charge in [0.15, 0.2) is 0 Å². The summed E-state index contributed by atoms with van der Waals surface area (Å²) >= 11 is 0. The van der Waals surface area contributed by atoms with E-state index < -0.39 is 0 Å². The number of rotatable bonds is 1. The van der Waals surface area contributed by atoms with Crippen LogP contribution in [0.4, 0.5) is 0 Å². The second kappa shape index (κ2) is 2.23. The molecule has 2 unspecified atom stereocenters. The molecule has 1 aliphatic heterocycles. The van der Waals surface area contributed by atoms with Crippen molar-refractivity contribution < 1.29 is 0 Å². The van der Waals surface area contributed by atoms with Crippen LogP contribution in [0.3, 0.4) is 0 Å². The van der Waals surface area contributed by atoms with E-state index in [0.717, 1.165) is 20.4 Å². The first kappa shape index (κ1) is 6.67. The summed E-state index contributed by atoms with van der Waals surface area (Å²) in [6.45, 7) is 4.55. The van der Waals surface area contributed by atoms with Crippen LogP contribution in [0, 0.1) is 0 Å². The van der Waals surface area contributed by atoms with Gasteiger partial charge in [-0.3, -0.25) is 0 Å². The van der Waals surface area contributed by atoms with Gasteiger partial charge >= 0.3 is 0 Å². The summed E-state index contributed by atoms with van der Waals surface area (Å²) in [4.78, 5) is 0. The van der Waals surface area contributed by atoms with E-state index in [1.165, 1.54) is 12.8 Å². The lowest BCUT2D eigenvalue weighted by molar-refractivity contribution is 0.508. The van der Waals surface area contributed by atoms with Gasteiger partial charge in [0.1, 0.15) is 0 Å². The van der Waals surface area contributed by atoms with Crippen molar-refractivity contribution in [3.8, 4) is 0 Å². The largest absolute Gasteiger partial charge is 0.356 e. The van der Waals surface area contributed by atoms with Crippen LogP contribution < -0.4 is 0 Å². The minimum absolute atomic E-state index is 0.719. The molecule has 10 heavy (non-hydrogen) atoms. The quantitative estimate of drug-likeness (QED) is 0.525. The topological polar surface area (TPSA) is 3.24 Å². The fraction of sp³-hybridized carbons (Fsp3) is 0.750. The molecule has 2 heteroatoms. The Labute approximate surface area is 64.3 Å². The summed E-state index contributed by atoms with van der Waals surface area (Å²) in [6, 6.07) is 0.719. The van der Waals surface area contributed by atoms with E-state index in [-0.39, 0.29) is 0 Å². The van der Waals surface area contributed by atoms with E-state index in [1.54, 1.807) is 5.57 Å². The van der Waals surface area contributed by atoms with Crippen LogP contribution in [0.2, 0.25) is 0 Å². The van der Waals surface area contributed by atoms with E-state index in [4.69, 9.17) is 0 Å². The van der Waals surface area contributed by atoms with Crippen molar-refractivity contribution in [2.75, 3.05) is 0 Å². The first-order valence-electron chi connectivity index (χ1n) is 4.02. The molecule has 0 amide bonds. The molecule has 2 rings (SSSR count). The molecule has 0 N–H and O–H groups in total. The van der Waals surface area contributed by atoms with Gasteiger partial charge in [-0.1, -0.05) is 0 Å². The van der Waals surface area contributed by atoms with Crippen LogP contribution in [0.1, 0.15) is 26.7 Å². The molecule has 0 saturated heterocycles. The van der Waals surface area contributed by atoms with Crippen molar-refractivity contribution in [1.29, 1.82) is 0 Å². The first-order valence-corrected chi connectivity index (χ1v) is 5.05. The average Bonchev–Trinajstić information content (AvgIpc) is 2.09. The zero-order chi connectivity index (χ0) is 7.14.